The van der Waals surface area contributed by atoms with Crippen LogP contribution in [0.5, 0.6) is 0 Å². The second kappa shape index (κ2) is 5.31. The normalized spacial score (nSPS) is 18.2. The Hall–Kier alpha value is -1.37. The molecule has 6 nitrogen and oxygen atoms in total. The van der Waals surface area contributed by atoms with Crippen molar-refractivity contribution in [3.63, 3.8) is 0 Å². The highest BCUT2D eigenvalue weighted by Gasteiger charge is 2.19. The number of rotatable bonds is 3. The van der Waals surface area contributed by atoms with Gasteiger partial charge in [-0.25, -0.2) is 5.84 Å². The number of hydrogen-bond donors (Lipinski definition) is 2. The molecule has 0 bridgehead atoms. The minimum Gasteiger partial charge on any atom is -0.459 e. The standard InChI is InChI=1S/C11H18N4O2/c1-14-3-5-15(6-4-14)8-9-2-7-17-10(9)11(16)13-12/h2,7H,3-6,8,12H2,1H3,(H,13,16). The van der Waals surface area contributed by atoms with E-state index in [1.54, 1.807) is 0 Å². The highest BCUT2D eigenvalue weighted by atomic mass is 16.3. The van der Waals surface area contributed by atoms with Gasteiger partial charge in [-0.3, -0.25) is 15.1 Å². The van der Waals surface area contributed by atoms with Crippen LogP contribution in [0.2, 0.25) is 0 Å². The molecule has 6 heteroatoms. The summed E-state index contributed by atoms with van der Waals surface area (Å²) in [5.74, 6) is 5.04. The molecule has 0 spiro atoms. The Morgan fingerprint density at radius 2 is 2.18 bits per heavy atom. The van der Waals surface area contributed by atoms with Crippen molar-refractivity contribution in [2.24, 2.45) is 5.84 Å². The van der Waals surface area contributed by atoms with E-state index in [0.717, 1.165) is 38.3 Å². The van der Waals surface area contributed by atoms with Gasteiger partial charge in [0.2, 0.25) is 0 Å². The molecule has 0 aromatic carbocycles. The molecule has 0 aliphatic carbocycles. The number of furan rings is 1. The average molecular weight is 238 g/mol. The fourth-order valence-corrected chi connectivity index (χ4v) is 1.97. The van der Waals surface area contributed by atoms with Gasteiger partial charge in [0.1, 0.15) is 0 Å². The number of carbonyl (C=O) groups is 1. The summed E-state index contributed by atoms with van der Waals surface area (Å²) < 4.78 is 5.15. The molecule has 2 rings (SSSR count). The number of carbonyl (C=O) groups excluding carboxylic acids is 1. The highest BCUT2D eigenvalue weighted by molar-refractivity contribution is 5.92. The van der Waals surface area contributed by atoms with E-state index in [-0.39, 0.29) is 5.91 Å². The molecule has 0 saturated carbocycles. The molecule has 94 valence electrons. The predicted octanol–water partition coefficient (Wildman–Crippen LogP) is -0.369. The van der Waals surface area contributed by atoms with Gasteiger partial charge in [0, 0.05) is 38.3 Å². The maximum Gasteiger partial charge on any atom is 0.301 e. The second-order valence-corrected chi connectivity index (χ2v) is 4.33. The van der Waals surface area contributed by atoms with E-state index in [1.165, 1.54) is 6.26 Å². The molecule has 2 heterocycles. The molecule has 1 aliphatic rings. The molecule has 0 atom stereocenters. The topological polar surface area (TPSA) is 74.7 Å². The van der Waals surface area contributed by atoms with Crippen molar-refractivity contribution in [2.45, 2.75) is 6.54 Å². The van der Waals surface area contributed by atoms with Gasteiger partial charge >= 0.3 is 5.91 Å². The van der Waals surface area contributed by atoms with Crippen molar-refractivity contribution in [2.75, 3.05) is 33.2 Å². The van der Waals surface area contributed by atoms with Crippen LogP contribution in [0.4, 0.5) is 0 Å². The summed E-state index contributed by atoms with van der Waals surface area (Å²) in [4.78, 5) is 16.0. The molecule has 1 aromatic rings. The first-order chi connectivity index (χ1) is 8.20. The summed E-state index contributed by atoms with van der Waals surface area (Å²) in [5.41, 5.74) is 2.98. The van der Waals surface area contributed by atoms with Gasteiger partial charge in [0.25, 0.3) is 0 Å². The number of hydrogen-bond acceptors (Lipinski definition) is 5. The Kier molecular flexibility index (Phi) is 3.78. The Labute approximate surface area is 100 Å². The molecule has 1 fully saturated rings. The van der Waals surface area contributed by atoms with E-state index < -0.39 is 0 Å². The van der Waals surface area contributed by atoms with Gasteiger partial charge in [0.15, 0.2) is 5.76 Å². The van der Waals surface area contributed by atoms with Crippen LogP contribution in [0.1, 0.15) is 16.1 Å². The lowest BCUT2D eigenvalue weighted by Crippen LogP contribution is -2.44. The smallest absolute Gasteiger partial charge is 0.301 e. The van der Waals surface area contributed by atoms with Crippen molar-refractivity contribution in [1.29, 1.82) is 0 Å². The third-order valence-corrected chi connectivity index (χ3v) is 3.07. The summed E-state index contributed by atoms with van der Waals surface area (Å²) in [5, 5.41) is 0. The molecule has 3 N–H and O–H groups in total. The highest BCUT2D eigenvalue weighted by Crippen LogP contribution is 2.14. The van der Waals surface area contributed by atoms with Gasteiger partial charge in [-0.15, -0.1) is 0 Å². The monoisotopic (exact) mass is 238 g/mol. The lowest BCUT2D eigenvalue weighted by atomic mass is 10.2. The Morgan fingerprint density at radius 3 is 2.82 bits per heavy atom. The van der Waals surface area contributed by atoms with E-state index in [1.807, 2.05) is 6.07 Å². The van der Waals surface area contributed by atoms with Gasteiger partial charge in [-0.2, -0.15) is 0 Å². The zero-order chi connectivity index (χ0) is 12.3. The minimum atomic E-state index is -0.376. The SMILES string of the molecule is CN1CCN(Cc2ccoc2C(=O)NN)CC1. The zero-order valence-electron chi connectivity index (χ0n) is 9.98. The van der Waals surface area contributed by atoms with Gasteiger partial charge < -0.3 is 9.32 Å². The molecule has 1 aromatic heterocycles. The number of amides is 1. The summed E-state index contributed by atoms with van der Waals surface area (Å²) in [7, 11) is 2.11. The van der Waals surface area contributed by atoms with Crippen LogP contribution in [-0.4, -0.2) is 48.9 Å². The van der Waals surface area contributed by atoms with Gasteiger partial charge in [0.05, 0.1) is 6.26 Å². The van der Waals surface area contributed by atoms with Crippen molar-refractivity contribution >= 4 is 5.91 Å². The van der Waals surface area contributed by atoms with E-state index in [0.29, 0.717) is 5.76 Å². The second-order valence-electron chi connectivity index (χ2n) is 4.33. The maximum atomic E-state index is 11.4. The molecule has 1 amide bonds. The third-order valence-electron chi connectivity index (χ3n) is 3.07. The minimum absolute atomic E-state index is 0.312. The third kappa shape index (κ3) is 2.85. The van der Waals surface area contributed by atoms with Crippen molar-refractivity contribution in [1.82, 2.24) is 15.2 Å². The van der Waals surface area contributed by atoms with E-state index in [9.17, 15) is 4.79 Å². The number of nitrogens with zero attached hydrogens (tertiary/aromatic N) is 2. The van der Waals surface area contributed by atoms with E-state index in [2.05, 4.69) is 22.3 Å². The van der Waals surface area contributed by atoms with Gasteiger partial charge in [-0.05, 0) is 13.1 Å². The number of nitrogen functional groups attached to an aromatic ring is 1. The van der Waals surface area contributed by atoms with Crippen molar-refractivity contribution in [3.05, 3.63) is 23.7 Å². The number of nitrogens with two attached hydrogens (primary N) is 1. The van der Waals surface area contributed by atoms with Crippen molar-refractivity contribution < 1.29 is 9.21 Å². The largest absolute Gasteiger partial charge is 0.459 e. The van der Waals surface area contributed by atoms with E-state index >= 15 is 0 Å². The van der Waals surface area contributed by atoms with Crippen LogP contribution in [0.3, 0.4) is 0 Å². The fraction of sp³-hybridized carbons (Fsp3) is 0.545. The number of piperazine rings is 1. The summed E-state index contributed by atoms with van der Waals surface area (Å²) in [6, 6.07) is 1.82. The molecule has 1 aliphatic heterocycles. The molecule has 17 heavy (non-hydrogen) atoms. The van der Waals surface area contributed by atoms with Crippen molar-refractivity contribution in [3.8, 4) is 0 Å². The molecule has 0 unspecified atom stereocenters. The Balaban J connectivity index is 1.99. The van der Waals surface area contributed by atoms with E-state index in [4.69, 9.17) is 10.3 Å². The first kappa shape index (κ1) is 12.1. The molecular formula is C11H18N4O2. The summed E-state index contributed by atoms with van der Waals surface area (Å²) in [6.07, 6.45) is 1.52. The first-order valence-corrected chi connectivity index (χ1v) is 5.69. The summed E-state index contributed by atoms with van der Waals surface area (Å²) >= 11 is 0. The van der Waals surface area contributed by atoms with Crippen LogP contribution in [0, 0.1) is 0 Å². The van der Waals surface area contributed by atoms with Crippen LogP contribution in [-0.2, 0) is 6.54 Å². The average Bonchev–Trinajstić information content (AvgIpc) is 2.79. The fourth-order valence-electron chi connectivity index (χ4n) is 1.97. The van der Waals surface area contributed by atoms with Crippen LogP contribution in [0.25, 0.3) is 0 Å². The van der Waals surface area contributed by atoms with Gasteiger partial charge in [-0.1, -0.05) is 0 Å². The quantitative estimate of drug-likeness (QED) is 0.427. The van der Waals surface area contributed by atoms with Crippen LogP contribution < -0.4 is 11.3 Å². The molecular weight excluding hydrogens is 220 g/mol. The first-order valence-electron chi connectivity index (χ1n) is 5.69. The molecule has 1 saturated heterocycles. The summed E-state index contributed by atoms with van der Waals surface area (Å²) in [6.45, 7) is 4.84. The van der Waals surface area contributed by atoms with Crippen LogP contribution >= 0.6 is 0 Å². The molecule has 0 radical (unpaired) electrons. The lowest BCUT2D eigenvalue weighted by Gasteiger charge is -2.32. The number of likely N-dealkylation sites (N-methyl/N-ethyl adjacent to an activating group) is 1. The number of nitrogens with one attached hydrogen (secondary N) is 1. The lowest BCUT2D eigenvalue weighted by molar-refractivity contribution is 0.0921. The Bertz CT molecular complexity index is 383. The van der Waals surface area contributed by atoms with Crippen LogP contribution in [0.15, 0.2) is 16.7 Å². The predicted molar refractivity (Wildman–Crippen MR) is 63.1 cm³/mol. The maximum absolute atomic E-state index is 11.4. The Morgan fingerprint density at radius 1 is 1.47 bits per heavy atom. The number of hydrazine groups is 1. The zero-order valence-corrected chi connectivity index (χ0v) is 9.98.